The van der Waals surface area contributed by atoms with Gasteiger partial charge in [-0.25, -0.2) is 0 Å². The number of aliphatic carboxylic acids is 1. The van der Waals surface area contributed by atoms with Crippen LogP contribution in [0.2, 0.25) is 10.0 Å². The van der Waals surface area contributed by atoms with Crippen molar-refractivity contribution in [1.82, 2.24) is 0 Å². The van der Waals surface area contributed by atoms with Gasteiger partial charge in [0.25, 0.3) is 0 Å². The molecule has 0 aromatic heterocycles. The molecule has 0 aliphatic heterocycles. The first-order chi connectivity index (χ1) is 9.47. The Morgan fingerprint density at radius 2 is 1.80 bits per heavy atom. The fourth-order valence-corrected chi connectivity index (χ4v) is 2.61. The standard InChI is InChI=1S/C16H14Cl2O2/c1-10-2-4-11(5-3-10)8-14(16(19)20)13-7-6-12(17)9-15(13)18/h2-7,9,14H,8H2,1H3,(H,19,20)/t14-/m1/s1. The second kappa shape index (κ2) is 6.29. The third kappa shape index (κ3) is 3.53. The van der Waals surface area contributed by atoms with E-state index in [-0.39, 0.29) is 0 Å². The zero-order chi connectivity index (χ0) is 14.7. The molecule has 20 heavy (non-hydrogen) atoms. The Morgan fingerprint density at radius 1 is 1.15 bits per heavy atom. The first-order valence-electron chi connectivity index (χ1n) is 6.20. The molecule has 1 N–H and O–H groups in total. The van der Waals surface area contributed by atoms with Crippen molar-refractivity contribution >= 4 is 29.2 Å². The molecule has 2 aromatic carbocycles. The molecule has 0 fully saturated rings. The van der Waals surface area contributed by atoms with E-state index in [0.717, 1.165) is 11.1 Å². The molecule has 0 spiro atoms. The predicted octanol–water partition coefficient (Wildman–Crippen LogP) is 4.71. The third-order valence-corrected chi connectivity index (χ3v) is 3.76. The fraction of sp³-hybridized carbons (Fsp3) is 0.188. The lowest BCUT2D eigenvalue weighted by atomic mass is 9.92. The maximum Gasteiger partial charge on any atom is 0.311 e. The van der Waals surface area contributed by atoms with Crippen molar-refractivity contribution in [2.45, 2.75) is 19.3 Å². The van der Waals surface area contributed by atoms with Crippen LogP contribution in [0.15, 0.2) is 42.5 Å². The van der Waals surface area contributed by atoms with E-state index >= 15 is 0 Å². The molecule has 0 aliphatic rings. The molecule has 2 nitrogen and oxygen atoms in total. The summed E-state index contributed by atoms with van der Waals surface area (Å²) >= 11 is 12.0. The van der Waals surface area contributed by atoms with E-state index < -0.39 is 11.9 Å². The van der Waals surface area contributed by atoms with Crippen LogP contribution in [0, 0.1) is 6.92 Å². The summed E-state index contributed by atoms with van der Waals surface area (Å²) in [5.74, 6) is -1.57. The molecule has 0 saturated carbocycles. The summed E-state index contributed by atoms with van der Waals surface area (Å²) < 4.78 is 0. The minimum atomic E-state index is -0.894. The minimum Gasteiger partial charge on any atom is -0.481 e. The van der Waals surface area contributed by atoms with Crippen LogP contribution in [0.1, 0.15) is 22.6 Å². The molecule has 4 heteroatoms. The smallest absolute Gasteiger partial charge is 0.311 e. The average Bonchev–Trinajstić information content (AvgIpc) is 2.39. The largest absolute Gasteiger partial charge is 0.481 e. The average molecular weight is 309 g/mol. The summed E-state index contributed by atoms with van der Waals surface area (Å²) in [6.45, 7) is 1.99. The van der Waals surface area contributed by atoms with E-state index in [1.807, 2.05) is 31.2 Å². The van der Waals surface area contributed by atoms with Crippen LogP contribution in [-0.2, 0) is 11.2 Å². The van der Waals surface area contributed by atoms with Crippen LogP contribution in [0.4, 0.5) is 0 Å². The third-order valence-electron chi connectivity index (χ3n) is 3.20. The number of halogens is 2. The van der Waals surface area contributed by atoms with Gasteiger partial charge in [0.15, 0.2) is 0 Å². The van der Waals surface area contributed by atoms with Crippen molar-refractivity contribution < 1.29 is 9.90 Å². The normalized spacial score (nSPS) is 12.2. The molecule has 0 amide bonds. The minimum absolute atomic E-state index is 0.386. The highest BCUT2D eigenvalue weighted by Gasteiger charge is 2.22. The maximum absolute atomic E-state index is 11.5. The molecule has 0 bridgehead atoms. The van der Waals surface area contributed by atoms with E-state index in [0.29, 0.717) is 22.0 Å². The van der Waals surface area contributed by atoms with Crippen LogP contribution in [-0.4, -0.2) is 11.1 Å². The number of carboxylic acid groups (broad SMARTS) is 1. The molecule has 2 aromatic rings. The Bertz CT molecular complexity index is 621. The van der Waals surface area contributed by atoms with Crippen LogP contribution >= 0.6 is 23.2 Å². The van der Waals surface area contributed by atoms with Crippen molar-refractivity contribution in [2.24, 2.45) is 0 Å². The molecule has 0 radical (unpaired) electrons. The molecule has 0 unspecified atom stereocenters. The van der Waals surface area contributed by atoms with Gasteiger partial charge in [0.1, 0.15) is 0 Å². The van der Waals surface area contributed by atoms with E-state index in [9.17, 15) is 9.90 Å². The Morgan fingerprint density at radius 3 is 2.35 bits per heavy atom. The molecule has 0 heterocycles. The number of hydrogen-bond donors (Lipinski definition) is 1. The van der Waals surface area contributed by atoms with Crippen molar-refractivity contribution in [3.63, 3.8) is 0 Å². The molecule has 0 aliphatic carbocycles. The van der Waals surface area contributed by atoms with Crippen molar-refractivity contribution in [2.75, 3.05) is 0 Å². The van der Waals surface area contributed by atoms with Gasteiger partial charge in [-0.2, -0.15) is 0 Å². The Kier molecular flexibility index (Phi) is 4.69. The van der Waals surface area contributed by atoms with Gasteiger partial charge >= 0.3 is 5.97 Å². The Labute approximate surface area is 128 Å². The van der Waals surface area contributed by atoms with Crippen LogP contribution in [0.3, 0.4) is 0 Å². The highest BCUT2D eigenvalue weighted by atomic mass is 35.5. The van der Waals surface area contributed by atoms with E-state index in [1.165, 1.54) is 0 Å². The van der Waals surface area contributed by atoms with Crippen molar-refractivity contribution in [3.05, 3.63) is 69.2 Å². The number of benzene rings is 2. The van der Waals surface area contributed by atoms with Crippen LogP contribution in [0.25, 0.3) is 0 Å². The lowest BCUT2D eigenvalue weighted by Gasteiger charge is -2.15. The van der Waals surface area contributed by atoms with Gasteiger partial charge in [-0.05, 0) is 36.6 Å². The summed E-state index contributed by atoms with van der Waals surface area (Å²) in [7, 11) is 0. The Balaban J connectivity index is 2.31. The summed E-state index contributed by atoms with van der Waals surface area (Å²) in [6, 6.07) is 12.7. The molecular formula is C16H14Cl2O2. The summed E-state index contributed by atoms with van der Waals surface area (Å²) in [6.07, 6.45) is 0.400. The zero-order valence-corrected chi connectivity index (χ0v) is 12.4. The monoisotopic (exact) mass is 308 g/mol. The summed E-state index contributed by atoms with van der Waals surface area (Å²) in [5.41, 5.74) is 2.70. The van der Waals surface area contributed by atoms with Crippen molar-refractivity contribution in [3.8, 4) is 0 Å². The molecule has 1 atom stereocenters. The number of aryl methyl sites for hydroxylation is 1. The van der Waals surface area contributed by atoms with Gasteiger partial charge in [0.2, 0.25) is 0 Å². The highest BCUT2D eigenvalue weighted by Crippen LogP contribution is 2.30. The first-order valence-corrected chi connectivity index (χ1v) is 6.96. The lowest BCUT2D eigenvalue weighted by molar-refractivity contribution is -0.138. The second-order valence-corrected chi connectivity index (χ2v) is 5.59. The first kappa shape index (κ1) is 14.9. The predicted molar refractivity (Wildman–Crippen MR) is 81.7 cm³/mol. The Hall–Kier alpha value is -1.51. The molecular weight excluding hydrogens is 295 g/mol. The van der Waals surface area contributed by atoms with Gasteiger partial charge in [-0.1, -0.05) is 59.1 Å². The number of hydrogen-bond acceptors (Lipinski definition) is 1. The van der Waals surface area contributed by atoms with E-state index in [4.69, 9.17) is 23.2 Å². The van der Waals surface area contributed by atoms with E-state index in [1.54, 1.807) is 18.2 Å². The van der Waals surface area contributed by atoms with Crippen molar-refractivity contribution in [1.29, 1.82) is 0 Å². The van der Waals surface area contributed by atoms with Crippen LogP contribution < -0.4 is 0 Å². The topological polar surface area (TPSA) is 37.3 Å². The maximum atomic E-state index is 11.5. The number of rotatable bonds is 4. The van der Waals surface area contributed by atoms with Gasteiger partial charge < -0.3 is 5.11 Å². The van der Waals surface area contributed by atoms with Gasteiger partial charge in [0, 0.05) is 10.0 Å². The quantitative estimate of drug-likeness (QED) is 0.888. The fourth-order valence-electron chi connectivity index (χ4n) is 2.07. The van der Waals surface area contributed by atoms with Gasteiger partial charge in [0.05, 0.1) is 5.92 Å². The van der Waals surface area contributed by atoms with Crippen LogP contribution in [0.5, 0.6) is 0 Å². The SMILES string of the molecule is Cc1ccc(C[C@@H](C(=O)O)c2ccc(Cl)cc2Cl)cc1. The highest BCUT2D eigenvalue weighted by molar-refractivity contribution is 6.35. The van der Waals surface area contributed by atoms with Gasteiger partial charge in [-0.3, -0.25) is 4.79 Å². The molecule has 0 saturated heterocycles. The lowest BCUT2D eigenvalue weighted by Crippen LogP contribution is -2.15. The molecule has 104 valence electrons. The zero-order valence-electron chi connectivity index (χ0n) is 10.9. The summed E-state index contributed by atoms with van der Waals surface area (Å²) in [5, 5.41) is 10.3. The van der Waals surface area contributed by atoms with E-state index in [2.05, 4.69) is 0 Å². The number of carbonyl (C=O) groups is 1. The summed E-state index contributed by atoms with van der Waals surface area (Å²) in [4.78, 5) is 11.5. The second-order valence-electron chi connectivity index (χ2n) is 4.75. The number of carboxylic acids is 1. The molecule has 2 rings (SSSR count). The van der Waals surface area contributed by atoms with Gasteiger partial charge in [-0.15, -0.1) is 0 Å².